The van der Waals surface area contributed by atoms with Gasteiger partial charge in [-0.05, 0) is 24.3 Å². The number of aromatic nitrogens is 1. The molecule has 0 bridgehead atoms. The zero-order valence-corrected chi connectivity index (χ0v) is 11.9. The molecule has 2 aromatic rings. The number of rotatable bonds is 4. The molecule has 0 fully saturated rings. The average molecular weight is 327 g/mol. The Bertz CT molecular complexity index is 754. The van der Waals surface area contributed by atoms with E-state index in [1.54, 1.807) is 5.38 Å². The lowest BCUT2D eigenvalue weighted by Crippen LogP contribution is -2.21. The van der Waals surface area contributed by atoms with E-state index in [1.165, 1.54) is 30.5 Å². The van der Waals surface area contributed by atoms with Crippen molar-refractivity contribution < 1.29 is 23.1 Å². The van der Waals surface area contributed by atoms with E-state index >= 15 is 0 Å². The molecule has 21 heavy (non-hydrogen) atoms. The number of carbonyl (C=O) groups is 2. The van der Waals surface area contributed by atoms with Crippen molar-refractivity contribution in [2.45, 2.75) is 4.90 Å². The molecule has 1 aromatic carbocycles. The first-order valence-corrected chi connectivity index (χ1v) is 7.81. The number of carboxylic acids is 1. The summed E-state index contributed by atoms with van der Waals surface area (Å²) in [7, 11) is -3.78. The second-order valence-electron chi connectivity index (χ2n) is 3.73. The highest BCUT2D eigenvalue weighted by Gasteiger charge is 2.16. The summed E-state index contributed by atoms with van der Waals surface area (Å²) in [6.07, 6.45) is 1.47. The number of hydrogen-bond donors (Lipinski definition) is 3. The molecule has 0 saturated heterocycles. The highest BCUT2D eigenvalue weighted by atomic mass is 32.2. The summed E-state index contributed by atoms with van der Waals surface area (Å²) < 4.78 is 26.3. The van der Waals surface area contributed by atoms with Gasteiger partial charge in [-0.2, -0.15) is 0 Å². The summed E-state index contributed by atoms with van der Waals surface area (Å²) in [5, 5.41) is 12.4. The van der Waals surface area contributed by atoms with E-state index < -0.39 is 21.9 Å². The van der Waals surface area contributed by atoms with Crippen molar-refractivity contribution in [3.63, 3.8) is 0 Å². The number of thiazole rings is 1. The van der Waals surface area contributed by atoms with Crippen LogP contribution in [-0.2, 0) is 19.6 Å². The predicted molar refractivity (Wildman–Crippen MR) is 75.6 cm³/mol. The van der Waals surface area contributed by atoms with Crippen molar-refractivity contribution in [1.29, 1.82) is 0 Å². The minimum atomic E-state index is -3.78. The maximum absolute atomic E-state index is 12.0. The number of nitrogens with zero attached hydrogens (tertiary/aromatic N) is 1. The highest BCUT2D eigenvalue weighted by Crippen LogP contribution is 2.19. The summed E-state index contributed by atoms with van der Waals surface area (Å²) in [4.78, 5) is 25.1. The van der Waals surface area contributed by atoms with E-state index in [9.17, 15) is 18.0 Å². The smallest absolute Gasteiger partial charge is 0.394 e. The van der Waals surface area contributed by atoms with Crippen LogP contribution in [0.4, 0.5) is 10.8 Å². The number of nitrogens with one attached hydrogen (secondary N) is 2. The average Bonchev–Trinajstić information content (AvgIpc) is 2.91. The van der Waals surface area contributed by atoms with Gasteiger partial charge in [-0.25, -0.2) is 18.2 Å². The number of benzene rings is 1. The third-order valence-corrected chi connectivity index (χ3v) is 4.44. The predicted octanol–water partition coefficient (Wildman–Crippen LogP) is 0.967. The van der Waals surface area contributed by atoms with Gasteiger partial charge in [0.2, 0.25) is 0 Å². The lowest BCUT2D eigenvalue weighted by molar-refractivity contribution is -0.147. The summed E-state index contributed by atoms with van der Waals surface area (Å²) in [5.74, 6) is -2.83. The van der Waals surface area contributed by atoms with Crippen molar-refractivity contribution >= 4 is 44.1 Å². The molecule has 8 nitrogen and oxygen atoms in total. The van der Waals surface area contributed by atoms with Crippen molar-refractivity contribution in [3.8, 4) is 0 Å². The summed E-state index contributed by atoms with van der Waals surface area (Å²) in [6, 6.07) is 5.06. The Kier molecular flexibility index (Phi) is 4.19. The van der Waals surface area contributed by atoms with Crippen LogP contribution in [0.15, 0.2) is 40.7 Å². The molecule has 0 atom stereocenters. The van der Waals surface area contributed by atoms with E-state index in [2.05, 4.69) is 15.0 Å². The Morgan fingerprint density at radius 3 is 2.38 bits per heavy atom. The topological polar surface area (TPSA) is 125 Å². The normalized spacial score (nSPS) is 10.9. The second-order valence-corrected chi connectivity index (χ2v) is 6.30. The molecule has 0 saturated carbocycles. The first-order chi connectivity index (χ1) is 9.88. The lowest BCUT2D eigenvalue weighted by Gasteiger charge is -2.06. The number of aliphatic carboxylic acids is 1. The fourth-order valence-electron chi connectivity index (χ4n) is 1.35. The lowest BCUT2D eigenvalue weighted by atomic mass is 10.3. The van der Waals surface area contributed by atoms with Gasteiger partial charge in [-0.1, -0.05) is 0 Å². The van der Waals surface area contributed by atoms with Gasteiger partial charge < -0.3 is 10.4 Å². The standard InChI is InChI=1S/C11H9N3O5S2/c15-9(10(16)17)13-7-1-3-8(4-2-7)21(18,19)14-11-12-5-6-20-11/h1-6H,(H,12,14)(H,13,15)(H,16,17). The Labute approximate surface area is 123 Å². The molecule has 1 amide bonds. The molecule has 2 rings (SSSR count). The maximum atomic E-state index is 12.0. The van der Waals surface area contributed by atoms with Crippen LogP contribution < -0.4 is 10.0 Å². The van der Waals surface area contributed by atoms with E-state index in [1.807, 2.05) is 0 Å². The van der Waals surface area contributed by atoms with Crippen molar-refractivity contribution in [2.24, 2.45) is 0 Å². The van der Waals surface area contributed by atoms with Gasteiger partial charge in [0.1, 0.15) is 0 Å². The van der Waals surface area contributed by atoms with E-state index in [0.717, 1.165) is 11.3 Å². The number of carbonyl (C=O) groups excluding carboxylic acids is 1. The van der Waals surface area contributed by atoms with E-state index in [-0.39, 0.29) is 15.7 Å². The van der Waals surface area contributed by atoms with E-state index in [4.69, 9.17) is 5.11 Å². The molecule has 0 aliphatic heterocycles. The molecule has 0 spiro atoms. The molecule has 0 aliphatic rings. The van der Waals surface area contributed by atoms with Gasteiger partial charge in [0, 0.05) is 17.3 Å². The number of amides is 1. The summed E-state index contributed by atoms with van der Waals surface area (Å²) in [6.45, 7) is 0. The largest absolute Gasteiger partial charge is 0.474 e. The van der Waals surface area contributed by atoms with Gasteiger partial charge in [0.15, 0.2) is 5.13 Å². The molecular formula is C11H9N3O5S2. The van der Waals surface area contributed by atoms with Gasteiger partial charge in [0.25, 0.3) is 10.0 Å². The Morgan fingerprint density at radius 1 is 1.19 bits per heavy atom. The molecular weight excluding hydrogens is 318 g/mol. The quantitative estimate of drug-likeness (QED) is 0.718. The molecule has 0 unspecified atom stereocenters. The minimum absolute atomic E-state index is 0.0361. The molecule has 0 aliphatic carbocycles. The van der Waals surface area contributed by atoms with Crippen molar-refractivity contribution in [1.82, 2.24) is 4.98 Å². The number of anilines is 2. The SMILES string of the molecule is O=C(O)C(=O)Nc1ccc(S(=O)(=O)Nc2nccs2)cc1. The fourth-order valence-corrected chi connectivity index (χ4v) is 3.14. The van der Waals surface area contributed by atoms with Crippen molar-refractivity contribution in [3.05, 3.63) is 35.8 Å². The van der Waals surface area contributed by atoms with Crippen LogP contribution in [0.2, 0.25) is 0 Å². The summed E-state index contributed by atoms with van der Waals surface area (Å²) in [5.41, 5.74) is 0.176. The van der Waals surface area contributed by atoms with Gasteiger partial charge in [0.05, 0.1) is 4.90 Å². The van der Waals surface area contributed by atoms with Crippen LogP contribution in [0.1, 0.15) is 0 Å². The first-order valence-electron chi connectivity index (χ1n) is 5.45. The number of sulfonamides is 1. The van der Waals surface area contributed by atoms with Gasteiger partial charge >= 0.3 is 11.9 Å². The zero-order valence-electron chi connectivity index (χ0n) is 10.3. The monoisotopic (exact) mass is 327 g/mol. The van der Waals surface area contributed by atoms with E-state index in [0.29, 0.717) is 0 Å². The molecule has 1 heterocycles. The molecule has 1 aromatic heterocycles. The van der Waals surface area contributed by atoms with Crippen LogP contribution in [0.3, 0.4) is 0 Å². The van der Waals surface area contributed by atoms with Crippen LogP contribution in [0, 0.1) is 0 Å². The fraction of sp³-hybridized carbons (Fsp3) is 0. The Balaban J connectivity index is 2.14. The minimum Gasteiger partial charge on any atom is -0.474 e. The second kappa shape index (κ2) is 5.89. The zero-order chi connectivity index (χ0) is 15.5. The molecule has 10 heteroatoms. The highest BCUT2D eigenvalue weighted by molar-refractivity contribution is 7.93. The van der Waals surface area contributed by atoms with Crippen LogP contribution in [0.25, 0.3) is 0 Å². The molecule has 3 N–H and O–H groups in total. The number of hydrogen-bond acceptors (Lipinski definition) is 6. The maximum Gasteiger partial charge on any atom is 0.394 e. The number of carboxylic acid groups (broad SMARTS) is 1. The van der Waals surface area contributed by atoms with Crippen molar-refractivity contribution in [2.75, 3.05) is 10.0 Å². The van der Waals surface area contributed by atoms with Crippen LogP contribution >= 0.6 is 11.3 Å². The summed E-state index contributed by atoms with van der Waals surface area (Å²) >= 11 is 1.14. The Hall–Kier alpha value is -2.46. The third-order valence-electron chi connectivity index (χ3n) is 2.27. The van der Waals surface area contributed by atoms with Gasteiger partial charge in [-0.3, -0.25) is 9.52 Å². The third kappa shape index (κ3) is 3.77. The Morgan fingerprint density at radius 2 is 1.86 bits per heavy atom. The first kappa shape index (κ1) is 14.9. The van der Waals surface area contributed by atoms with Crippen LogP contribution in [0.5, 0.6) is 0 Å². The van der Waals surface area contributed by atoms with Crippen LogP contribution in [-0.4, -0.2) is 30.4 Å². The molecule has 110 valence electrons. The van der Waals surface area contributed by atoms with Gasteiger partial charge in [-0.15, -0.1) is 11.3 Å². The molecule has 0 radical (unpaired) electrons.